The van der Waals surface area contributed by atoms with Crippen LogP contribution in [0.25, 0.3) is 0 Å². The molecule has 6 nitrogen and oxygen atoms in total. The molecule has 0 amide bonds. The maximum atomic E-state index is 11.1. The van der Waals surface area contributed by atoms with E-state index < -0.39 is 9.84 Å². The minimum Gasteiger partial charge on any atom is -0.228 e. The summed E-state index contributed by atoms with van der Waals surface area (Å²) in [7, 11) is -3.16. The van der Waals surface area contributed by atoms with Crippen LogP contribution >= 0.6 is 0 Å². The molecule has 7 heteroatoms. The summed E-state index contributed by atoms with van der Waals surface area (Å²) in [4.78, 5) is 0. The van der Waals surface area contributed by atoms with E-state index in [1.54, 1.807) is 0 Å². The van der Waals surface area contributed by atoms with Crippen molar-refractivity contribution in [2.75, 3.05) is 5.75 Å². The highest BCUT2D eigenvalue weighted by Crippen LogP contribution is 1.98. The van der Waals surface area contributed by atoms with Crippen molar-refractivity contribution in [3.05, 3.63) is 18.5 Å². The quantitative estimate of drug-likeness (QED) is 0.631. The number of hydrogen-bond donors (Lipinski definition) is 1. The highest BCUT2D eigenvalue weighted by molar-refractivity contribution is 7.90. The smallest absolute Gasteiger partial charge is 0.189 e. The van der Waals surface area contributed by atoms with Crippen molar-refractivity contribution in [3.63, 3.8) is 0 Å². The van der Waals surface area contributed by atoms with Crippen molar-refractivity contribution >= 4 is 9.84 Å². The Morgan fingerprint density at radius 3 is 2.83 bits per heavy atom. The molecule has 0 spiro atoms. The third kappa shape index (κ3) is 2.42. The van der Waals surface area contributed by atoms with E-state index in [1.807, 2.05) is 0 Å². The summed E-state index contributed by atoms with van der Waals surface area (Å²) >= 11 is 0. The normalized spacial score (nSPS) is 11.3. The first-order valence-corrected chi connectivity index (χ1v) is 5.00. The Bertz CT molecular complexity index is 342. The van der Waals surface area contributed by atoms with Gasteiger partial charge in [0.05, 0.1) is 5.75 Å². The minimum atomic E-state index is -3.16. The number of hydrogen-bond acceptors (Lipinski definition) is 5. The van der Waals surface area contributed by atoms with E-state index in [-0.39, 0.29) is 17.3 Å². The maximum absolute atomic E-state index is 11.1. The number of aromatic amines is 1. The van der Waals surface area contributed by atoms with Gasteiger partial charge in [-0.3, -0.25) is 0 Å². The zero-order valence-electron chi connectivity index (χ0n) is 6.27. The third-order valence-electron chi connectivity index (χ3n) is 1.11. The largest absolute Gasteiger partial charge is 0.228 e. The van der Waals surface area contributed by atoms with Crippen LogP contribution in [0.5, 0.6) is 0 Å². The van der Waals surface area contributed by atoms with Gasteiger partial charge in [-0.2, -0.15) is 5.21 Å². The van der Waals surface area contributed by atoms with Gasteiger partial charge in [-0.15, -0.1) is 16.8 Å². The van der Waals surface area contributed by atoms with E-state index in [4.69, 9.17) is 0 Å². The Balaban J connectivity index is 2.69. The Morgan fingerprint density at radius 2 is 2.33 bits per heavy atom. The second kappa shape index (κ2) is 3.44. The van der Waals surface area contributed by atoms with Gasteiger partial charge in [0.2, 0.25) is 0 Å². The number of sulfone groups is 1. The van der Waals surface area contributed by atoms with E-state index in [0.717, 1.165) is 0 Å². The zero-order valence-corrected chi connectivity index (χ0v) is 7.08. The molecule has 1 aromatic rings. The molecule has 0 aliphatic carbocycles. The first-order valence-electron chi connectivity index (χ1n) is 3.18. The predicted molar refractivity (Wildman–Crippen MR) is 41.9 cm³/mol. The van der Waals surface area contributed by atoms with E-state index in [1.165, 1.54) is 6.08 Å². The molecular formula is C5H8N4O2S. The molecule has 0 bridgehead atoms. The summed E-state index contributed by atoms with van der Waals surface area (Å²) in [5.41, 5.74) is 0. The molecule has 0 aliphatic heterocycles. The molecule has 66 valence electrons. The molecule has 0 saturated carbocycles. The van der Waals surface area contributed by atoms with Crippen molar-refractivity contribution < 1.29 is 8.42 Å². The van der Waals surface area contributed by atoms with E-state index in [0.29, 0.717) is 0 Å². The lowest BCUT2D eigenvalue weighted by atomic mass is 10.7. The number of tetrazole rings is 1. The van der Waals surface area contributed by atoms with Gasteiger partial charge < -0.3 is 0 Å². The molecule has 1 heterocycles. The lowest BCUT2D eigenvalue weighted by Crippen LogP contribution is -2.08. The predicted octanol–water partition coefficient (Wildman–Crippen LogP) is -0.700. The molecule has 12 heavy (non-hydrogen) atoms. The number of nitrogens with zero attached hydrogens (tertiary/aromatic N) is 3. The van der Waals surface area contributed by atoms with Crippen molar-refractivity contribution in [2.24, 2.45) is 0 Å². The Morgan fingerprint density at radius 1 is 1.58 bits per heavy atom. The van der Waals surface area contributed by atoms with Gasteiger partial charge in [-0.25, -0.2) is 8.42 Å². The van der Waals surface area contributed by atoms with Gasteiger partial charge in [0, 0.05) is 0 Å². The molecule has 0 aromatic carbocycles. The molecule has 0 unspecified atom stereocenters. The van der Waals surface area contributed by atoms with Crippen LogP contribution in [0.15, 0.2) is 12.7 Å². The molecule has 1 N–H and O–H groups in total. The first-order chi connectivity index (χ1) is 5.64. The van der Waals surface area contributed by atoms with Crippen LogP contribution in [-0.2, 0) is 15.6 Å². The van der Waals surface area contributed by atoms with Crippen LogP contribution in [-0.4, -0.2) is 34.8 Å². The van der Waals surface area contributed by atoms with Crippen molar-refractivity contribution in [3.8, 4) is 0 Å². The number of nitrogens with one attached hydrogen (secondary N) is 1. The lowest BCUT2D eigenvalue weighted by molar-refractivity contribution is 0.596. The van der Waals surface area contributed by atoms with Crippen molar-refractivity contribution in [1.82, 2.24) is 20.6 Å². The summed E-state index contributed by atoms with van der Waals surface area (Å²) in [6.45, 7) is 3.33. The highest BCUT2D eigenvalue weighted by atomic mass is 32.2. The van der Waals surface area contributed by atoms with Gasteiger partial charge in [-0.05, 0) is 0 Å². The topological polar surface area (TPSA) is 88.6 Å². The van der Waals surface area contributed by atoms with Crippen LogP contribution in [0, 0.1) is 0 Å². The highest BCUT2D eigenvalue weighted by Gasteiger charge is 2.12. The fourth-order valence-corrected chi connectivity index (χ4v) is 1.67. The number of aromatic nitrogens is 4. The number of rotatable bonds is 4. The van der Waals surface area contributed by atoms with E-state index >= 15 is 0 Å². The monoisotopic (exact) mass is 188 g/mol. The Hall–Kier alpha value is -1.24. The fraction of sp³-hybridized carbons (Fsp3) is 0.400. The zero-order chi connectivity index (χ0) is 9.03. The fourth-order valence-electron chi connectivity index (χ4n) is 0.679. The lowest BCUT2D eigenvalue weighted by Gasteiger charge is -1.94. The summed E-state index contributed by atoms with van der Waals surface area (Å²) in [6, 6.07) is 0. The standard InChI is InChI=1S/C5H8N4O2S/c1-2-3-12(10,11)4-5-6-8-9-7-5/h2H,1,3-4H2,(H,6,7,8,9). The molecule has 0 aliphatic rings. The summed E-state index contributed by atoms with van der Waals surface area (Å²) in [5, 5.41) is 12.5. The minimum absolute atomic E-state index is 0.0679. The number of H-pyrrole nitrogens is 1. The Labute approximate surface area is 69.6 Å². The van der Waals surface area contributed by atoms with Gasteiger partial charge in [0.25, 0.3) is 0 Å². The molecule has 0 fully saturated rings. The third-order valence-corrected chi connectivity index (χ3v) is 2.55. The maximum Gasteiger partial charge on any atom is 0.189 e. The van der Waals surface area contributed by atoms with Crippen LogP contribution in [0.4, 0.5) is 0 Å². The molecule has 0 saturated heterocycles. The van der Waals surface area contributed by atoms with Crippen molar-refractivity contribution in [1.29, 1.82) is 0 Å². The van der Waals surface area contributed by atoms with E-state index in [2.05, 4.69) is 27.2 Å². The van der Waals surface area contributed by atoms with Crippen LogP contribution in [0.3, 0.4) is 0 Å². The van der Waals surface area contributed by atoms with E-state index in [9.17, 15) is 8.42 Å². The SMILES string of the molecule is C=CCS(=O)(=O)Cc1nn[nH]n1. The summed E-state index contributed by atoms with van der Waals surface area (Å²) in [5.74, 6) is -0.0892. The van der Waals surface area contributed by atoms with Crippen LogP contribution < -0.4 is 0 Å². The average Bonchev–Trinajstić information content (AvgIpc) is 2.38. The van der Waals surface area contributed by atoms with Gasteiger partial charge in [-0.1, -0.05) is 11.3 Å². The molecular weight excluding hydrogens is 180 g/mol. The second-order valence-corrected chi connectivity index (χ2v) is 4.28. The van der Waals surface area contributed by atoms with Crippen molar-refractivity contribution in [2.45, 2.75) is 5.75 Å². The molecule has 0 radical (unpaired) electrons. The van der Waals surface area contributed by atoms with Gasteiger partial charge >= 0.3 is 0 Å². The second-order valence-electron chi connectivity index (χ2n) is 2.17. The molecule has 1 rings (SSSR count). The first kappa shape index (κ1) is 8.85. The molecule has 1 aromatic heterocycles. The Kier molecular flexibility index (Phi) is 2.54. The summed E-state index contributed by atoms with van der Waals surface area (Å²) < 4.78 is 22.2. The van der Waals surface area contributed by atoms with Gasteiger partial charge in [0.1, 0.15) is 5.75 Å². The molecule has 0 atom stereocenters. The van der Waals surface area contributed by atoms with Gasteiger partial charge in [0.15, 0.2) is 15.7 Å². The average molecular weight is 188 g/mol. The summed E-state index contributed by atoms with van der Waals surface area (Å²) in [6.07, 6.45) is 1.33. The van der Waals surface area contributed by atoms with Crippen LogP contribution in [0.1, 0.15) is 5.82 Å². The van der Waals surface area contributed by atoms with Crippen LogP contribution in [0.2, 0.25) is 0 Å².